The first-order chi connectivity index (χ1) is 10.4. The second-order valence-corrected chi connectivity index (χ2v) is 8.83. The van der Waals surface area contributed by atoms with Crippen molar-refractivity contribution in [2.45, 2.75) is 19.3 Å². The minimum absolute atomic E-state index is 0.0101. The van der Waals surface area contributed by atoms with Crippen LogP contribution < -0.4 is 4.72 Å². The average Bonchev–Trinajstić information content (AvgIpc) is 3.26. The summed E-state index contributed by atoms with van der Waals surface area (Å²) in [4.78, 5) is 14.6. The normalized spacial score (nSPS) is 22.9. The Morgan fingerprint density at radius 3 is 2.68 bits per heavy atom. The molecule has 0 spiro atoms. The van der Waals surface area contributed by atoms with E-state index < -0.39 is 10.0 Å². The van der Waals surface area contributed by atoms with Gasteiger partial charge in [0.05, 0.1) is 11.2 Å². The van der Waals surface area contributed by atoms with Crippen LogP contribution in [0, 0.1) is 5.41 Å². The molecule has 22 heavy (non-hydrogen) atoms. The van der Waals surface area contributed by atoms with Crippen molar-refractivity contribution < 1.29 is 13.2 Å². The fraction of sp³-hybridized carbons (Fsp3) is 0.533. The van der Waals surface area contributed by atoms with Gasteiger partial charge in [-0.2, -0.15) is 0 Å². The summed E-state index contributed by atoms with van der Waals surface area (Å²) in [6.07, 6.45) is 2.47. The number of carbonyl (C=O) groups is 1. The molecule has 1 aliphatic carbocycles. The first kappa shape index (κ1) is 16.0. The molecule has 3 rings (SSSR count). The highest BCUT2D eigenvalue weighted by Crippen LogP contribution is 2.50. The van der Waals surface area contributed by atoms with Crippen LogP contribution >= 0.6 is 15.9 Å². The molecule has 1 aliphatic heterocycles. The van der Waals surface area contributed by atoms with Gasteiger partial charge in [0.2, 0.25) is 15.9 Å². The van der Waals surface area contributed by atoms with Gasteiger partial charge in [0.1, 0.15) is 0 Å². The quantitative estimate of drug-likeness (QED) is 0.856. The Morgan fingerprint density at radius 1 is 1.27 bits per heavy atom. The summed E-state index contributed by atoms with van der Waals surface area (Å²) in [7, 11) is -3.23. The summed E-state index contributed by atoms with van der Waals surface area (Å²) in [5.74, 6) is 0.0891. The molecule has 2 aliphatic rings. The first-order valence-corrected chi connectivity index (χ1v) is 9.87. The van der Waals surface area contributed by atoms with E-state index in [1.807, 2.05) is 24.3 Å². The van der Waals surface area contributed by atoms with Crippen LogP contribution in [0.4, 0.5) is 0 Å². The van der Waals surface area contributed by atoms with E-state index in [-0.39, 0.29) is 23.6 Å². The van der Waals surface area contributed by atoms with E-state index in [4.69, 9.17) is 0 Å². The number of hydrogen-bond donors (Lipinski definition) is 1. The van der Waals surface area contributed by atoms with Crippen LogP contribution in [0.3, 0.4) is 0 Å². The number of nitrogens with one attached hydrogen (secondary N) is 1. The van der Waals surface area contributed by atoms with Gasteiger partial charge in [-0.15, -0.1) is 0 Å². The maximum atomic E-state index is 12.8. The van der Waals surface area contributed by atoms with Crippen LogP contribution in [0.5, 0.6) is 0 Å². The third-order valence-electron chi connectivity index (χ3n) is 4.41. The Morgan fingerprint density at radius 2 is 2.00 bits per heavy atom. The molecule has 1 saturated heterocycles. The molecule has 120 valence electrons. The van der Waals surface area contributed by atoms with Gasteiger partial charge in [-0.3, -0.25) is 4.79 Å². The zero-order valence-electron chi connectivity index (χ0n) is 12.2. The van der Waals surface area contributed by atoms with Crippen molar-refractivity contribution in [3.8, 4) is 0 Å². The molecule has 1 aromatic rings. The Labute approximate surface area is 139 Å². The van der Waals surface area contributed by atoms with Crippen molar-refractivity contribution in [2.75, 3.05) is 25.4 Å². The molecule has 0 atom stereocenters. The molecule has 1 heterocycles. The molecule has 0 unspecified atom stereocenters. The molecule has 1 amide bonds. The first-order valence-electron chi connectivity index (χ1n) is 7.42. The highest BCUT2D eigenvalue weighted by molar-refractivity contribution is 9.10. The van der Waals surface area contributed by atoms with E-state index in [0.717, 1.165) is 22.9 Å². The summed E-state index contributed by atoms with van der Waals surface area (Å²) in [5, 5.41) is 0. The maximum Gasteiger partial charge on any atom is 0.229 e. The Bertz CT molecular complexity index is 686. The fourth-order valence-corrected chi connectivity index (χ4v) is 4.34. The van der Waals surface area contributed by atoms with Gasteiger partial charge >= 0.3 is 0 Å². The maximum absolute atomic E-state index is 12.8. The van der Waals surface area contributed by atoms with E-state index >= 15 is 0 Å². The summed E-state index contributed by atoms with van der Waals surface area (Å²) in [6.45, 7) is 1.04. The average molecular weight is 387 g/mol. The molecular formula is C15H19BrN2O3S. The predicted octanol–water partition coefficient (Wildman–Crippen LogP) is 1.53. The lowest BCUT2D eigenvalue weighted by molar-refractivity contribution is -0.136. The van der Waals surface area contributed by atoms with Crippen LogP contribution in [0.25, 0.3) is 0 Å². The molecule has 5 nitrogen and oxygen atoms in total. The number of hydrogen-bond acceptors (Lipinski definition) is 3. The molecule has 0 radical (unpaired) electrons. The van der Waals surface area contributed by atoms with Crippen LogP contribution in [-0.4, -0.2) is 44.6 Å². The number of nitrogens with zero attached hydrogens (tertiary/aromatic N) is 1. The topological polar surface area (TPSA) is 66.5 Å². The Kier molecular flexibility index (Phi) is 4.31. The summed E-state index contributed by atoms with van der Waals surface area (Å²) < 4.78 is 26.7. The van der Waals surface area contributed by atoms with E-state index in [1.54, 1.807) is 4.90 Å². The minimum Gasteiger partial charge on any atom is -0.340 e. The molecule has 2 fully saturated rings. The predicted molar refractivity (Wildman–Crippen MR) is 87.9 cm³/mol. The summed E-state index contributed by atoms with van der Waals surface area (Å²) >= 11 is 3.54. The smallest absolute Gasteiger partial charge is 0.229 e. The van der Waals surface area contributed by atoms with Crippen molar-refractivity contribution >= 4 is 31.9 Å². The molecule has 1 aromatic carbocycles. The number of sulfonamides is 1. The molecule has 0 aromatic heterocycles. The number of carbonyl (C=O) groups excluding carboxylic acids is 1. The van der Waals surface area contributed by atoms with Gasteiger partial charge in [-0.1, -0.05) is 34.1 Å². The van der Waals surface area contributed by atoms with E-state index in [1.165, 1.54) is 0 Å². The van der Waals surface area contributed by atoms with Gasteiger partial charge in [0.15, 0.2) is 0 Å². The van der Waals surface area contributed by atoms with Crippen molar-refractivity contribution in [1.29, 1.82) is 0 Å². The lowest BCUT2D eigenvalue weighted by atomic mass is 9.95. The zero-order valence-corrected chi connectivity index (χ0v) is 14.6. The summed E-state index contributed by atoms with van der Waals surface area (Å²) in [6, 6.07) is 7.95. The van der Waals surface area contributed by atoms with Crippen LogP contribution in [0.1, 0.15) is 18.4 Å². The molecule has 7 heteroatoms. The van der Waals surface area contributed by atoms with E-state index in [9.17, 15) is 13.2 Å². The van der Waals surface area contributed by atoms with Crippen LogP contribution in [0.15, 0.2) is 28.7 Å². The summed E-state index contributed by atoms with van der Waals surface area (Å²) in [5.41, 5.74) is 0.798. The second kappa shape index (κ2) is 5.94. The number of halogens is 1. The molecule has 1 saturated carbocycles. The van der Waals surface area contributed by atoms with Gasteiger partial charge in [-0.05, 0) is 30.9 Å². The SMILES string of the molecule is O=C(N1CCNS(=O)(=O)CC1)C1(Cc2ccccc2Br)CC1. The fourth-order valence-electron chi connectivity index (χ4n) is 2.91. The van der Waals surface area contributed by atoms with E-state index in [0.29, 0.717) is 19.5 Å². The molecular weight excluding hydrogens is 368 g/mol. The van der Waals surface area contributed by atoms with Crippen molar-refractivity contribution in [1.82, 2.24) is 9.62 Å². The largest absolute Gasteiger partial charge is 0.340 e. The Balaban J connectivity index is 1.73. The molecule has 0 bridgehead atoms. The van der Waals surface area contributed by atoms with Crippen LogP contribution in [0.2, 0.25) is 0 Å². The second-order valence-electron chi connectivity index (χ2n) is 6.05. The number of rotatable bonds is 3. The number of benzene rings is 1. The van der Waals surface area contributed by atoms with Gasteiger partial charge < -0.3 is 4.90 Å². The monoisotopic (exact) mass is 386 g/mol. The highest BCUT2D eigenvalue weighted by atomic mass is 79.9. The van der Waals surface area contributed by atoms with Gasteiger partial charge in [0, 0.05) is 24.1 Å². The lowest BCUT2D eigenvalue weighted by Gasteiger charge is -2.25. The van der Waals surface area contributed by atoms with Crippen molar-refractivity contribution in [3.63, 3.8) is 0 Å². The lowest BCUT2D eigenvalue weighted by Crippen LogP contribution is -2.40. The Hall–Kier alpha value is -0.920. The minimum atomic E-state index is -3.23. The standard InChI is InChI=1S/C15H19BrN2O3S/c16-13-4-2-1-3-12(13)11-15(5-6-15)14(19)18-8-7-17-22(20,21)10-9-18/h1-4,17H,5-11H2. The number of amides is 1. The van der Waals surface area contributed by atoms with Crippen molar-refractivity contribution in [2.24, 2.45) is 5.41 Å². The third kappa shape index (κ3) is 3.36. The zero-order chi connectivity index (χ0) is 15.8. The highest BCUT2D eigenvalue weighted by Gasteiger charge is 2.51. The van der Waals surface area contributed by atoms with Crippen LogP contribution in [-0.2, 0) is 21.2 Å². The van der Waals surface area contributed by atoms with Gasteiger partial charge in [0.25, 0.3) is 0 Å². The van der Waals surface area contributed by atoms with Gasteiger partial charge in [-0.25, -0.2) is 13.1 Å². The molecule has 1 N–H and O–H groups in total. The van der Waals surface area contributed by atoms with Crippen molar-refractivity contribution in [3.05, 3.63) is 34.3 Å². The third-order valence-corrected chi connectivity index (χ3v) is 6.55. The van der Waals surface area contributed by atoms with E-state index in [2.05, 4.69) is 20.7 Å².